The van der Waals surface area contributed by atoms with E-state index in [1.165, 1.54) is 12.8 Å². The molecule has 1 aromatic heterocycles. The second-order valence-corrected chi connectivity index (χ2v) is 4.32. The summed E-state index contributed by atoms with van der Waals surface area (Å²) in [5.74, 6) is 0. The van der Waals surface area contributed by atoms with Crippen LogP contribution < -0.4 is 5.32 Å². The number of imidazole rings is 1. The van der Waals surface area contributed by atoms with Gasteiger partial charge in [-0.15, -0.1) is 0 Å². The zero-order valence-corrected chi connectivity index (χ0v) is 9.83. The molecule has 0 aliphatic rings. The van der Waals surface area contributed by atoms with Gasteiger partial charge in [0, 0.05) is 30.0 Å². The number of hydrogen-bond donors (Lipinski definition) is 1. The van der Waals surface area contributed by atoms with E-state index in [1.807, 2.05) is 18.7 Å². The molecule has 4 heteroatoms. The third-order valence-corrected chi connectivity index (χ3v) is 2.18. The maximum Gasteiger partial charge on any atom is 0.0945 e. The molecule has 0 bridgehead atoms. The largest absolute Gasteiger partial charge is 0.337 e. The van der Waals surface area contributed by atoms with Crippen molar-refractivity contribution < 1.29 is 0 Å². The molecule has 1 heterocycles. The molecule has 0 amide bonds. The Morgan fingerprint density at radius 1 is 1.50 bits per heavy atom. The van der Waals surface area contributed by atoms with Gasteiger partial charge in [0.1, 0.15) is 0 Å². The number of halogens is 1. The molecule has 1 N–H and O–H groups in total. The van der Waals surface area contributed by atoms with Crippen LogP contribution in [0.3, 0.4) is 0 Å². The van der Waals surface area contributed by atoms with Crippen molar-refractivity contribution >= 4 is 15.9 Å². The third kappa shape index (κ3) is 5.19. The molecule has 1 aromatic rings. The monoisotopic (exact) mass is 257 g/mol. The number of aromatic nitrogens is 2. The maximum atomic E-state index is 3.99. The van der Waals surface area contributed by atoms with Gasteiger partial charge in [0.05, 0.1) is 6.33 Å². The van der Waals surface area contributed by atoms with E-state index in [2.05, 4.69) is 37.4 Å². The summed E-state index contributed by atoms with van der Waals surface area (Å²) in [7, 11) is 0. The number of hydrogen-bond acceptors (Lipinski definition) is 2. The smallest absolute Gasteiger partial charge is 0.0945 e. The van der Waals surface area contributed by atoms with E-state index >= 15 is 0 Å². The average molecular weight is 258 g/mol. The number of nitrogens with one attached hydrogen (secondary N) is 1. The Morgan fingerprint density at radius 2 is 2.36 bits per heavy atom. The molecule has 78 valence electrons. The summed E-state index contributed by atoms with van der Waals surface area (Å²) >= 11 is 3.31. The second kappa shape index (κ2) is 6.79. The summed E-state index contributed by atoms with van der Waals surface area (Å²) in [5.41, 5.74) is 0. The molecule has 0 aromatic carbocycles. The van der Waals surface area contributed by atoms with Crippen molar-refractivity contribution in [2.24, 2.45) is 0 Å². The lowest BCUT2D eigenvalue weighted by atomic mass is 10.3. The van der Waals surface area contributed by atoms with E-state index in [1.54, 1.807) is 0 Å². The Morgan fingerprint density at radius 3 is 3.00 bits per heavy atom. The minimum atomic E-state index is 0.852. The number of nitrogens with zero attached hydrogens (tertiary/aromatic N) is 2. The van der Waals surface area contributed by atoms with E-state index < -0.39 is 0 Å². The Labute approximate surface area is 93.4 Å². The van der Waals surface area contributed by atoms with Crippen molar-refractivity contribution in [2.45, 2.75) is 19.4 Å². The molecule has 0 unspecified atom stereocenters. The standard InChI is InChI=1S/C10H16BrN3/c1-10(11)8-12-4-2-3-6-14-7-5-13-9-14/h5,7,9,12H,1-4,6,8H2. The molecule has 0 saturated heterocycles. The Kier molecular flexibility index (Phi) is 5.56. The van der Waals surface area contributed by atoms with Crippen LogP contribution in [0, 0.1) is 0 Å². The lowest BCUT2D eigenvalue weighted by Crippen LogP contribution is -2.16. The minimum Gasteiger partial charge on any atom is -0.337 e. The molecular weight excluding hydrogens is 242 g/mol. The van der Waals surface area contributed by atoms with Gasteiger partial charge in [-0.05, 0) is 19.4 Å². The highest BCUT2D eigenvalue weighted by atomic mass is 79.9. The minimum absolute atomic E-state index is 0.852. The normalized spacial score (nSPS) is 10.4. The van der Waals surface area contributed by atoms with Crippen LogP contribution in [0.2, 0.25) is 0 Å². The summed E-state index contributed by atoms with van der Waals surface area (Å²) in [5, 5.41) is 3.29. The van der Waals surface area contributed by atoms with E-state index in [0.29, 0.717) is 0 Å². The van der Waals surface area contributed by atoms with Crippen LogP contribution in [0.4, 0.5) is 0 Å². The lowest BCUT2D eigenvalue weighted by molar-refractivity contribution is 0.582. The van der Waals surface area contributed by atoms with Crippen molar-refractivity contribution in [3.8, 4) is 0 Å². The van der Waals surface area contributed by atoms with Gasteiger partial charge >= 0.3 is 0 Å². The highest BCUT2D eigenvalue weighted by Gasteiger charge is 1.91. The quantitative estimate of drug-likeness (QED) is 0.759. The van der Waals surface area contributed by atoms with Gasteiger partial charge in [0.15, 0.2) is 0 Å². The van der Waals surface area contributed by atoms with Crippen molar-refractivity contribution in [3.63, 3.8) is 0 Å². The molecule has 14 heavy (non-hydrogen) atoms. The van der Waals surface area contributed by atoms with Crippen molar-refractivity contribution in [2.75, 3.05) is 13.1 Å². The first-order chi connectivity index (χ1) is 6.79. The summed E-state index contributed by atoms with van der Waals surface area (Å²) in [6, 6.07) is 0. The zero-order chi connectivity index (χ0) is 10.2. The first-order valence-corrected chi connectivity index (χ1v) is 5.58. The average Bonchev–Trinajstić information content (AvgIpc) is 2.63. The van der Waals surface area contributed by atoms with Gasteiger partial charge < -0.3 is 9.88 Å². The summed E-state index contributed by atoms with van der Waals surface area (Å²) < 4.78 is 3.11. The molecule has 0 aliphatic heterocycles. The molecular formula is C10H16BrN3. The van der Waals surface area contributed by atoms with E-state index in [-0.39, 0.29) is 0 Å². The molecule has 0 aliphatic carbocycles. The van der Waals surface area contributed by atoms with Crippen molar-refractivity contribution in [1.82, 2.24) is 14.9 Å². The molecule has 0 radical (unpaired) electrons. The van der Waals surface area contributed by atoms with E-state index in [4.69, 9.17) is 0 Å². The first kappa shape index (κ1) is 11.5. The maximum absolute atomic E-state index is 3.99. The molecule has 3 nitrogen and oxygen atoms in total. The predicted octanol–water partition coefficient (Wildman–Crippen LogP) is 2.16. The van der Waals surface area contributed by atoms with Gasteiger partial charge in [-0.1, -0.05) is 22.5 Å². The lowest BCUT2D eigenvalue weighted by Gasteiger charge is -2.03. The molecule has 0 atom stereocenters. The first-order valence-electron chi connectivity index (χ1n) is 4.79. The van der Waals surface area contributed by atoms with E-state index in [9.17, 15) is 0 Å². The topological polar surface area (TPSA) is 29.9 Å². The van der Waals surface area contributed by atoms with Crippen LogP contribution in [-0.4, -0.2) is 22.6 Å². The van der Waals surface area contributed by atoms with Crippen molar-refractivity contribution in [1.29, 1.82) is 0 Å². The molecule has 0 spiro atoms. The molecule has 1 rings (SSSR count). The fourth-order valence-electron chi connectivity index (χ4n) is 1.19. The zero-order valence-electron chi connectivity index (χ0n) is 8.25. The molecule has 0 saturated carbocycles. The van der Waals surface area contributed by atoms with Crippen LogP contribution >= 0.6 is 15.9 Å². The van der Waals surface area contributed by atoms with E-state index in [0.717, 1.165) is 24.1 Å². The van der Waals surface area contributed by atoms with Crippen molar-refractivity contribution in [3.05, 3.63) is 29.8 Å². The Bertz CT molecular complexity index is 256. The Balaban J connectivity index is 1.92. The molecule has 0 fully saturated rings. The van der Waals surface area contributed by atoms with Crippen LogP contribution in [0.1, 0.15) is 12.8 Å². The number of rotatable bonds is 7. The highest BCUT2D eigenvalue weighted by Crippen LogP contribution is 1.98. The SMILES string of the molecule is C=C(Br)CNCCCCn1ccnc1. The highest BCUT2D eigenvalue weighted by molar-refractivity contribution is 9.11. The van der Waals surface area contributed by atoms with Gasteiger partial charge in [-0.2, -0.15) is 0 Å². The van der Waals surface area contributed by atoms with Gasteiger partial charge in [0.25, 0.3) is 0 Å². The van der Waals surface area contributed by atoms with Gasteiger partial charge in [-0.3, -0.25) is 0 Å². The second-order valence-electron chi connectivity index (χ2n) is 3.20. The number of aryl methyl sites for hydroxylation is 1. The summed E-state index contributed by atoms with van der Waals surface area (Å²) in [6.07, 6.45) is 8.02. The number of unbranched alkanes of at least 4 members (excludes halogenated alkanes) is 1. The summed E-state index contributed by atoms with van der Waals surface area (Å²) in [6.45, 7) is 6.70. The van der Waals surface area contributed by atoms with Gasteiger partial charge in [0.2, 0.25) is 0 Å². The van der Waals surface area contributed by atoms with Gasteiger partial charge in [-0.25, -0.2) is 4.98 Å². The summed E-state index contributed by atoms with van der Waals surface area (Å²) in [4.78, 5) is 3.99. The predicted molar refractivity (Wildman–Crippen MR) is 62.4 cm³/mol. The van der Waals surface area contributed by atoms with Crippen LogP contribution in [0.15, 0.2) is 29.8 Å². The van der Waals surface area contributed by atoms with Crippen LogP contribution in [-0.2, 0) is 6.54 Å². The Hall–Kier alpha value is -0.610. The van der Waals surface area contributed by atoms with Crippen LogP contribution in [0.25, 0.3) is 0 Å². The van der Waals surface area contributed by atoms with Crippen LogP contribution in [0.5, 0.6) is 0 Å². The fraction of sp³-hybridized carbons (Fsp3) is 0.500. The third-order valence-electron chi connectivity index (χ3n) is 1.90. The fourth-order valence-corrected chi connectivity index (χ4v) is 1.39.